The Morgan fingerprint density at radius 3 is 2.61 bits per heavy atom. The van der Waals surface area contributed by atoms with E-state index in [0.717, 1.165) is 17.5 Å². The summed E-state index contributed by atoms with van der Waals surface area (Å²) in [5, 5.41) is 20.3. The van der Waals surface area contributed by atoms with E-state index in [1.807, 2.05) is 12.3 Å². The molecule has 4 aromatic rings. The smallest absolute Gasteiger partial charge is 0.251 e. The highest BCUT2D eigenvalue weighted by Crippen LogP contribution is 2.23. The quantitative estimate of drug-likeness (QED) is 0.251. The maximum Gasteiger partial charge on any atom is 0.251 e. The number of hydrogen-bond acceptors (Lipinski definition) is 8. The van der Waals surface area contributed by atoms with Crippen LogP contribution in [0.2, 0.25) is 0 Å². The summed E-state index contributed by atoms with van der Waals surface area (Å²) in [5.74, 6) is -0.739. The Bertz CT molecular complexity index is 1580. The molecule has 5 rings (SSSR count). The van der Waals surface area contributed by atoms with Gasteiger partial charge in [-0.25, -0.2) is 9.37 Å². The zero-order chi connectivity index (χ0) is 30.9. The minimum Gasteiger partial charge on any atom is -0.493 e. The summed E-state index contributed by atoms with van der Waals surface area (Å²) < 4.78 is 25.8. The fourth-order valence-corrected chi connectivity index (χ4v) is 5.05. The van der Waals surface area contributed by atoms with Crippen molar-refractivity contribution in [2.75, 3.05) is 19.7 Å². The molecule has 0 saturated heterocycles. The van der Waals surface area contributed by atoms with Crippen LogP contribution in [0.5, 0.6) is 5.75 Å². The number of rotatable bonds is 7. The molecule has 11 heteroatoms. The van der Waals surface area contributed by atoms with Crippen LogP contribution < -0.4 is 20.7 Å². The molecule has 1 aliphatic rings. The molecule has 2 amide bonds. The number of benzene rings is 2. The fraction of sp³-hybridized carbons (Fsp3) is 0.333. The van der Waals surface area contributed by atoms with E-state index in [0.29, 0.717) is 49.4 Å². The van der Waals surface area contributed by atoms with E-state index in [4.69, 9.17) is 9.15 Å². The Labute approximate surface area is 255 Å². The van der Waals surface area contributed by atoms with Crippen molar-refractivity contribution in [3.05, 3.63) is 101 Å². The first-order chi connectivity index (χ1) is 21.4. The number of hydrogen-bond donors (Lipinski definition) is 4. The number of halogens is 1. The lowest BCUT2D eigenvalue weighted by atomic mass is 9.99. The highest BCUT2D eigenvalue weighted by molar-refractivity contribution is 6.01. The minimum absolute atomic E-state index is 0.127. The second-order valence-electron chi connectivity index (χ2n) is 10.8. The highest BCUT2D eigenvalue weighted by Gasteiger charge is 2.25. The van der Waals surface area contributed by atoms with Crippen molar-refractivity contribution in [3.8, 4) is 17.2 Å². The number of aliphatic hydroxyl groups excluding tert-OH is 1. The number of oxazole rings is 1. The van der Waals surface area contributed by atoms with Crippen molar-refractivity contribution in [2.24, 2.45) is 0 Å². The molecule has 2 atom stereocenters. The van der Waals surface area contributed by atoms with Crippen molar-refractivity contribution >= 4 is 11.8 Å². The molecule has 0 radical (unpaired) electrons. The Hall–Kier alpha value is -4.61. The SMILES string of the molecule is CCc1cncc(CNC[C@@H](O)[C@@H]2Cc3cc(F)cc(c3)OCCCCNC(=O)c3cc(cc(-c4ncco4)c3)C(=O)N2)c1. The third-order valence-electron chi connectivity index (χ3n) is 7.37. The van der Waals surface area contributed by atoms with Gasteiger partial charge in [0.25, 0.3) is 11.8 Å². The summed E-state index contributed by atoms with van der Waals surface area (Å²) in [4.78, 5) is 35.2. The van der Waals surface area contributed by atoms with Crippen molar-refractivity contribution in [2.45, 2.75) is 51.3 Å². The summed E-state index contributed by atoms with van der Waals surface area (Å²) in [6.07, 6.45) is 7.68. The lowest BCUT2D eigenvalue weighted by Crippen LogP contribution is -2.48. The fourth-order valence-electron chi connectivity index (χ4n) is 5.05. The first-order valence-electron chi connectivity index (χ1n) is 14.8. The molecule has 0 aliphatic carbocycles. The molecule has 0 saturated carbocycles. The monoisotopic (exact) mass is 601 g/mol. The van der Waals surface area contributed by atoms with Gasteiger partial charge in [0.05, 0.1) is 24.9 Å². The standard InChI is InChI=1S/C33H36FN5O5/c1-2-21-9-23(18-35-17-21)19-36-20-30(40)29-12-22-10-27(34)16-28(11-22)43-7-4-3-5-37-31(41)24-13-25(32(42)39-29)15-26(14-24)33-38-6-8-44-33/h6,8-11,13-18,29-30,36,40H,2-5,7,12,19-20H2,1H3,(H,37,41)(H,39,42)/t29-,30+/m0/s1. The van der Waals surface area contributed by atoms with Gasteiger partial charge in [-0.05, 0) is 72.7 Å². The lowest BCUT2D eigenvalue weighted by molar-refractivity contribution is 0.0830. The predicted molar refractivity (Wildman–Crippen MR) is 162 cm³/mol. The van der Waals surface area contributed by atoms with E-state index < -0.39 is 23.9 Å². The third kappa shape index (κ3) is 8.27. The Kier molecular flexibility index (Phi) is 10.3. The van der Waals surface area contributed by atoms with Crippen LogP contribution in [0.3, 0.4) is 0 Å². The number of aromatic nitrogens is 2. The molecule has 4 N–H and O–H groups in total. The summed E-state index contributed by atoms with van der Waals surface area (Å²) in [7, 11) is 0. The van der Waals surface area contributed by atoms with Crippen LogP contribution >= 0.6 is 0 Å². The number of amides is 2. The van der Waals surface area contributed by atoms with Gasteiger partial charge in [0.1, 0.15) is 17.8 Å². The molecule has 0 fully saturated rings. The zero-order valence-corrected chi connectivity index (χ0v) is 24.5. The van der Waals surface area contributed by atoms with Crippen molar-refractivity contribution < 1.29 is 28.2 Å². The van der Waals surface area contributed by atoms with Gasteiger partial charge in [0.15, 0.2) is 0 Å². The highest BCUT2D eigenvalue weighted by atomic mass is 19.1. The van der Waals surface area contributed by atoms with Crippen molar-refractivity contribution in [1.82, 2.24) is 25.9 Å². The lowest BCUT2D eigenvalue weighted by Gasteiger charge is -2.25. The van der Waals surface area contributed by atoms with Crippen LogP contribution in [0.25, 0.3) is 11.5 Å². The van der Waals surface area contributed by atoms with Gasteiger partial charge >= 0.3 is 0 Å². The Balaban J connectivity index is 1.43. The number of pyridine rings is 1. The maximum atomic E-state index is 14.6. The Morgan fingerprint density at radius 2 is 1.82 bits per heavy atom. The molecule has 2 aromatic carbocycles. The summed E-state index contributed by atoms with van der Waals surface area (Å²) >= 11 is 0. The van der Waals surface area contributed by atoms with Crippen LogP contribution in [0.1, 0.15) is 57.2 Å². The normalized spacial score (nSPS) is 16.8. The number of aliphatic hydroxyl groups is 1. The summed E-state index contributed by atoms with van der Waals surface area (Å²) in [6.45, 7) is 3.39. The molecule has 2 aromatic heterocycles. The molecule has 4 bridgehead atoms. The van der Waals surface area contributed by atoms with Crippen LogP contribution in [0.15, 0.2) is 71.7 Å². The van der Waals surface area contributed by atoms with Gasteiger partial charge in [-0.15, -0.1) is 0 Å². The zero-order valence-electron chi connectivity index (χ0n) is 24.5. The predicted octanol–water partition coefficient (Wildman–Crippen LogP) is 3.83. The molecular formula is C33H36FN5O5. The van der Waals surface area contributed by atoms with E-state index in [9.17, 15) is 19.1 Å². The molecule has 0 unspecified atom stereocenters. The number of carbonyl (C=O) groups is 2. The van der Waals surface area contributed by atoms with Crippen LogP contribution in [0, 0.1) is 5.82 Å². The van der Waals surface area contributed by atoms with E-state index in [-0.39, 0.29) is 35.9 Å². The van der Waals surface area contributed by atoms with E-state index >= 15 is 0 Å². The van der Waals surface area contributed by atoms with Gasteiger partial charge in [0.2, 0.25) is 5.89 Å². The van der Waals surface area contributed by atoms with E-state index in [1.54, 1.807) is 24.4 Å². The number of nitrogens with zero attached hydrogens (tertiary/aromatic N) is 2. The van der Waals surface area contributed by atoms with Crippen LogP contribution in [-0.2, 0) is 19.4 Å². The van der Waals surface area contributed by atoms with Gasteiger partial charge < -0.3 is 30.2 Å². The van der Waals surface area contributed by atoms with Crippen LogP contribution in [-0.4, -0.2) is 58.7 Å². The van der Waals surface area contributed by atoms with Crippen molar-refractivity contribution in [1.29, 1.82) is 0 Å². The first-order valence-corrected chi connectivity index (χ1v) is 14.8. The van der Waals surface area contributed by atoms with E-state index in [2.05, 4.69) is 32.8 Å². The third-order valence-corrected chi connectivity index (χ3v) is 7.37. The molecule has 10 nitrogen and oxygen atoms in total. The molecule has 44 heavy (non-hydrogen) atoms. The Morgan fingerprint density at radius 1 is 1.02 bits per heavy atom. The average molecular weight is 602 g/mol. The van der Waals surface area contributed by atoms with Gasteiger partial charge in [0, 0.05) is 54.8 Å². The van der Waals surface area contributed by atoms with Gasteiger partial charge in [-0.2, -0.15) is 0 Å². The second kappa shape index (κ2) is 14.7. The second-order valence-corrected chi connectivity index (χ2v) is 10.8. The maximum absolute atomic E-state index is 14.6. The molecule has 230 valence electrons. The number of ether oxygens (including phenoxy) is 1. The average Bonchev–Trinajstić information content (AvgIpc) is 3.57. The molecule has 3 heterocycles. The van der Waals surface area contributed by atoms with Gasteiger partial charge in [-0.1, -0.05) is 13.0 Å². The number of fused-ring (bicyclic) bond motifs is 4. The first kappa shape index (κ1) is 30.8. The number of aryl methyl sites for hydroxylation is 1. The summed E-state index contributed by atoms with van der Waals surface area (Å²) in [5.41, 5.74) is 3.54. The number of carbonyl (C=O) groups excluding carboxylic acids is 2. The topological polar surface area (TPSA) is 139 Å². The number of nitrogens with one attached hydrogen (secondary N) is 3. The minimum atomic E-state index is -1.05. The van der Waals surface area contributed by atoms with Crippen LogP contribution in [0.4, 0.5) is 4.39 Å². The van der Waals surface area contributed by atoms with Gasteiger partial charge in [-0.3, -0.25) is 14.6 Å². The molecule has 0 spiro atoms. The van der Waals surface area contributed by atoms with Crippen molar-refractivity contribution in [3.63, 3.8) is 0 Å². The largest absolute Gasteiger partial charge is 0.493 e. The van der Waals surface area contributed by atoms with E-state index in [1.165, 1.54) is 30.7 Å². The molecule has 1 aliphatic heterocycles. The summed E-state index contributed by atoms with van der Waals surface area (Å²) in [6, 6.07) is 10.3. The molecular weight excluding hydrogens is 565 g/mol.